The number of methoxy groups -OCH3 is 3. The second-order valence-corrected chi connectivity index (χ2v) is 5.19. The molecule has 0 radical (unpaired) electrons. The van der Waals surface area contributed by atoms with Gasteiger partial charge < -0.3 is 14.2 Å². The Labute approximate surface area is 147 Å². The highest BCUT2D eigenvalue weighted by molar-refractivity contribution is 5.95. The van der Waals surface area contributed by atoms with E-state index >= 15 is 0 Å². The number of rotatable bonds is 8. The zero-order chi connectivity index (χ0) is 18.1. The van der Waals surface area contributed by atoms with Crippen LogP contribution in [0.5, 0.6) is 17.2 Å². The average Bonchev–Trinajstić information content (AvgIpc) is 2.67. The first-order valence-corrected chi connectivity index (χ1v) is 7.85. The number of benzene rings is 2. The number of carbonyl (C=O) groups excluding carboxylic acids is 1. The Hall–Kier alpha value is -3.02. The number of hydrogen-bond acceptors (Lipinski definition) is 5. The quantitative estimate of drug-likeness (QED) is 0.591. The molecule has 2 rings (SSSR count). The first-order chi connectivity index (χ1) is 12.2. The van der Waals surface area contributed by atoms with Crippen LogP contribution in [-0.4, -0.2) is 33.5 Å². The van der Waals surface area contributed by atoms with Gasteiger partial charge in [0.15, 0.2) is 11.5 Å². The van der Waals surface area contributed by atoms with Crippen LogP contribution in [0.1, 0.15) is 22.3 Å². The Kier molecular flexibility index (Phi) is 6.83. The summed E-state index contributed by atoms with van der Waals surface area (Å²) in [5, 5.41) is 3.98. The summed E-state index contributed by atoms with van der Waals surface area (Å²) in [6, 6.07) is 13.3. The number of amides is 1. The van der Waals surface area contributed by atoms with Crippen LogP contribution in [-0.2, 0) is 6.42 Å². The molecule has 0 heterocycles. The van der Waals surface area contributed by atoms with Crippen molar-refractivity contribution in [2.45, 2.75) is 12.8 Å². The van der Waals surface area contributed by atoms with Gasteiger partial charge in [-0.2, -0.15) is 5.10 Å². The van der Waals surface area contributed by atoms with Crippen LogP contribution < -0.4 is 19.6 Å². The molecule has 6 nitrogen and oxygen atoms in total. The zero-order valence-electron chi connectivity index (χ0n) is 14.6. The third-order valence-electron chi connectivity index (χ3n) is 3.59. The van der Waals surface area contributed by atoms with Crippen molar-refractivity contribution in [1.82, 2.24) is 5.43 Å². The molecule has 0 aromatic heterocycles. The Morgan fingerprint density at radius 1 is 1.04 bits per heavy atom. The molecule has 0 fully saturated rings. The van der Waals surface area contributed by atoms with Crippen LogP contribution in [0.4, 0.5) is 0 Å². The average molecular weight is 342 g/mol. The lowest BCUT2D eigenvalue weighted by Crippen LogP contribution is -2.18. The first-order valence-electron chi connectivity index (χ1n) is 7.85. The molecule has 0 bridgehead atoms. The highest BCUT2D eigenvalue weighted by Gasteiger charge is 2.16. The van der Waals surface area contributed by atoms with Gasteiger partial charge in [-0.15, -0.1) is 0 Å². The number of nitrogens with one attached hydrogen (secondary N) is 1. The minimum Gasteiger partial charge on any atom is -0.493 e. The van der Waals surface area contributed by atoms with E-state index in [1.165, 1.54) is 26.9 Å². The van der Waals surface area contributed by atoms with Crippen molar-refractivity contribution >= 4 is 12.1 Å². The number of carbonyl (C=O) groups is 1. The Bertz CT molecular complexity index is 704. The summed E-state index contributed by atoms with van der Waals surface area (Å²) in [5.41, 5.74) is 4.10. The lowest BCUT2D eigenvalue weighted by molar-refractivity contribution is 0.0954. The molecule has 6 heteroatoms. The van der Waals surface area contributed by atoms with Gasteiger partial charge >= 0.3 is 0 Å². The van der Waals surface area contributed by atoms with Crippen molar-refractivity contribution in [2.75, 3.05) is 21.3 Å². The summed E-state index contributed by atoms with van der Waals surface area (Å²) < 4.78 is 15.7. The van der Waals surface area contributed by atoms with Crippen molar-refractivity contribution in [3.63, 3.8) is 0 Å². The minimum absolute atomic E-state index is 0.352. The van der Waals surface area contributed by atoms with Gasteiger partial charge in [0.05, 0.1) is 21.3 Å². The molecular formula is C19H22N2O4. The summed E-state index contributed by atoms with van der Waals surface area (Å²) in [5.74, 6) is 0.920. The normalized spacial score (nSPS) is 10.5. The lowest BCUT2D eigenvalue weighted by atomic mass is 10.1. The van der Waals surface area contributed by atoms with E-state index in [4.69, 9.17) is 14.2 Å². The third kappa shape index (κ3) is 4.97. The summed E-state index contributed by atoms with van der Waals surface area (Å²) in [7, 11) is 4.51. The fourth-order valence-corrected chi connectivity index (χ4v) is 2.32. The van der Waals surface area contributed by atoms with E-state index in [0.29, 0.717) is 22.8 Å². The maximum absolute atomic E-state index is 12.2. The topological polar surface area (TPSA) is 69.2 Å². The SMILES string of the molecule is COc1cc(C(=O)N/N=C/CCc2ccccc2)cc(OC)c1OC. The maximum Gasteiger partial charge on any atom is 0.271 e. The number of ether oxygens (including phenoxy) is 3. The number of hydrogen-bond donors (Lipinski definition) is 1. The van der Waals surface area contributed by atoms with Crippen molar-refractivity contribution in [1.29, 1.82) is 0 Å². The molecule has 0 aliphatic heterocycles. The summed E-state index contributed by atoms with van der Waals surface area (Å²) >= 11 is 0. The standard InChI is InChI=1S/C19H22N2O4/c1-23-16-12-15(13-17(24-2)18(16)25-3)19(22)21-20-11-7-10-14-8-5-4-6-9-14/h4-6,8-9,11-13H,7,10H2,1-3H3,(H,21,22)/b20-11+. The van der Waals surface area contributed by atoms with Crippen molar-refractivity contribution in [2.24, 2.45) is 5.10 Å². The Balaban J connectivity index is 1.97. The molecular weight excluding hydrogens is 320 g/mol. The van der Waals surface area contributed by atoms with Crippen molar-refractivity contribution < 1.29 is 19.0 Å². The monoisotopic (exact) mass is 342 g/mol. The zero-order valence-corrected chi connectivity index (χ0v) is 14.6. The molecule has 0 aliphatic carbocycles. The number of nitrogens with zero attached hydrogens (tertiary/aromatic N) is 1. The van der Waals surface area contributed by atoms with Gasteiger partial charge in [0.2, 0.25) is 5.75 Å². The van der Waals surface area contributed by atoms with Gasteiger partial charge in [-0.25, -0.2) is 5.43 Å². The van der Waals surface area contributed by atoms with Crippen LogP contribution in [0.3, 0.4) is 0 Å². The Morgan fingerprint density at radius 3 is 2.24 bits per heavy atom. The first kappa shape index (κ1) is 18.3. The largest absolute Gasteiger partial charge is 0.493 e. The van der Waals surface area contributed by atoms with Crippen molar-refractivity contribution in [3.8, 4) is 17.2 Å². The van der Waals surface area contributed by atoms with Gasteiger partial charge in [0.25, 0.3) is 5.91 Å². The van der Waals surface area contributed by atoms with Gasteiger partial charge in [-0.3, -0.25) is 4.79 Å². The smallest absolute Gasteiger partial charge is 0.271 e. The van der Waals surface area contributed by atoms with Gasteiger partial charge in [-0.1, -0.05) is 30.3 Å². The molecule has 0 saturated heterocycles. The highest BCUT2D eigenvalue weighted by Crippen LogP contribution is 2.38. The van der Waals surface area contributed by atoms with Gasteiger partial charge in [-0.05, 0) is 30.5 Å². The highest BCUT2D eigenvalue weighted by atomic mass is 16.5. The van der Waals surface area contributed by atoms with Crippen LogP contribution in [0.2, 0.25) is 0 Å². The van der Waals surface area contributed by atoms with Crippen LogP contribution in [0, 0.1) is 0 Å². The molecule has 0 saturated carbocycles. The van der Waals surface area contributed by atoms with Gasteiger partial charge in [0.1, 0.15) is 0 Å². The summed E-state index contributed by atoms with van der Waals surface area (Å²) in [4.78, 5) is 12.2. The number of aryl methyl sites for hydroxylation is 1. The predicted molar refractivity (Wildman–Crippen MR) is 96.8 cm³/mol. The van der Waals surface area contributed by atoms with Crippen LogP contribution >= 0.6 is 0 Å². The molecule has 1 N–H and O–H groups in total. The summed E-state index contributed by atoms with van der Waals surface area (Å²) in [6.45, 7) is 0. The molecule has 2 aromatic rings. The molecule has 0 atom stereocenters. The van der Waals surface area contributed by atoms with Gasteiger partial charge in [0, 0.05) is 11.8 Å². The van der Waals surface area contributed by atoms with Crippen LogP contribution in [0.25, 0.3) is 0 Å². The molecule has 1 amide bonds. The minimum atomic E-state index is -0.352. The molecule has 2 aromatic carbocycles. The van der Waals surface area contributed by atoms with E-state index in [2.05, 4.69) is 22.7 Å². The van der Waals surface area contributed by atoms with E-state index in [9.17, 15) is 4.79 Å². The molecule has 25 heavy (non-hydrogen) atoms. The maximum atomic E-state index is 12.2. The second kappa shape index (κ2) is 9.32. The molecule has 0 unspecified atom stereocenters. The molecule has 132 valence electrons. The summed E-state index contributed by atoms with van der Waals surface area (Å²) in [6.07, 6.45) is 3.28. The third-order valence-corrected chi connectivity index (χ3v) is 3.59. The predicted octanol–water partition coefficient (Wildman–Crippen LogP) is 3.06. The fraction of sp³-hybridized carbons (Fsp3) is 0.263. The van der Waals surface area contributed by atoms with Crippen LogP contribution in [0.15, 0.2) is 47.6 Å². The van der Waals surface area contributed by atoms with E-state index in [1.807, 2.05) is 18.2 Å². The number of hydrazone groups is 1. The fourth-order valence-electron chi connectivity index (χ4n) is 2.32. The van der Waals surface area contributed by atoms with E-state index in [-0.39, 0.29) is 5.91 Å². The molecule has 0 spiro atoms. The van der Waals surface area contributed by atoms with E-state index < -0.39 is 0 Å². The van der Waals surface area contributed by atoms with E-state index in [1.54, 1.807) is 18.3 Å². The van der Waals surface area contributed by atoms with E-state index in [0.717, 1.165) is 12.8 Å². The van der Waals surface area contributed by atoms with Crippen molar-refractivity contribution in [3.05, 3.63) is 53.6 Å². The Morgan fingerprint density at radius 2 is 1.68 bits per heavy atom. The second-order valence-electron chi connectivity index (χ2n) is 5.19. The molecule has 0 aliphatic rings. The lowest BCUT2D eigenvalue weighted by Gasteiger charge is -2.13.